The second-order valence-corrected chi connectivity index (χ2v) is 6.19. The van der Waals surface area contributed by atoms with E-state index < -0.39 is 0 Å². The minimum Gasteiger partial charge on any atom is -0.308 e. The molecule has 0 aliphatic heterocycles. The van der Waals surface area contributed by atoms with Crippen LogP contribution < -0.4 is 5.32 Å². The Morgan fingerprint density at radius 2 is 2.15 bits per heavy atom. The lowest BCUT2D eigenvalue weighted by Gasteiger charge is -2.20. The number of benzene rings is 1. The van der Waals surface area contributed by atoms with Gasteiger partial charge in [0.25, 0.3) is 0 Å². The van der Waals surface area contributed by atoms with Crippen molar-refractivity contribution in [3.8, 4) is 0 Å². The van der Waals surface area contributed by atoms with E-state index in [0.29, 0.717) is 10.0 Å². The lowest BCUT2D eigenvalue weighted by Crippen LogP contribution is -2.22. The Labute approximate surface area is 137 Å². The third-order valence-corrected chi connectivity index (χ3v) is 4.32. The topological polar surface area (TPSA) is 29.9 Å². The molecule has 0 amide bonds. The number of aryl methyl sites for hydroxylation is 1. The maximum absolute atomic E-state index is 6.32. The molecule has 0 spiro atoms. The molecular formula is C14H16BrCl2N3. The van der Waals surface area contributed by atoms with Gasteiger partial charge in [-0.2, -0.15) is 5.10 Å². The minimum absolute atomic E-state index is 0.0387. The van der Waals surface area contributed by atoms with Crippen molar-refractivity contribution in [3.05, 3.63) is 50.2 Å². The molecule has 1 atom stereocenters. The van der Waals surface area contributed by atoms with Crippen molar-refractivity contribution in [1.82, 2.24) is 15.1 Å². The van der Waals surface area contributed by atoms with Crippen molar-refractivity contribution < 1.29 is 0 Å². The van der Waals surface area contributed by atoms with Crippen LogP contribution in [0.25, 0.3) is 0 Å². The molecule has 6 heteroatoms. The molecule has 0 aliphatic rings. The molecule has 3 nitrogen and oxygen atoms in total. The van der Waals surface area contributed by atoms with Crippen LogP contribution in [-0.4, -0.2) is 16.8 Å². The first kappa shape index (κ1) is 15.8. The number of nitrogens with zero attached hydrogens (tertiary/aromatic N) is 2. The van der Waals surface area contributed by atoms with E-state index in [9.17, 15) is 0 Å². The largest absolute Gasteiger partial charge is 0.308 e. The van der Waals surface area contributed by atoms with Crippen LogP contribution in [0, 0.1) is 0 Å². The molecule has 2 aromatic rings. The Balaban J connectivity index is 2.49. The first-order valence-corrected chi connectivity index (χ1v) is 7.96. The third kappa shape index (κ3) is 3.19. The van der Waals surface area contributed by atoms with Crippen LogP contribution in [0.1, 0.15) is 30.6 Å². The fraction of sp³-hybridized carbons (Fsp3) is 0.357. The van der Waals surface area contributed by atoms with Crippen LogP contribution in [0.15, 0.2) is 28.9 Å². The smallest absolute Gasteiger partial charge is 0.0837 e. The summed E-state index contributed by atoms with van der Waals surface area (Å²) in [4.78, 5) is 0. The number of aromatic nitrogens is 2. The fourth-order valence-corrected chi connectivity index (χ4v) is 3.39. The standard InChI is InChI=1S/C14H16BrCl2N3/c1-3-6-20-14(12(17)8-19-20)13(18-2)10-5-4-9(16)7-11(10)15/h4-5,7-8,13,18H,3,6H2,1-2H3. The lowest BCUT2D eigenvalue weighted by molar-refractivity contribution is 0.534. The number of nitrogens with one attached hydrogen (secondary N) is 1. The summed E-state index contributed by atoms with van der Waals surface area (Å²) in [7, 11) is 1.91. The fourth-order valence-electron chi connectivity index (χ4n) is 2.22. The van der Waals surface area contributed by atoms with Gasteiger partial charge in [-0.3, -0.25) is 4.68 Å². The molecule has 1 N–H and O–H groups in total. The van der Waals surface area contributed by atoms with Crippen LogP contribution in [0.5, 0.6) is 0 Å². The highest BCUT2D eigenvalue weighted by Crippen LogP contribution is 2.33. The highest BCUT2D eigenvalue weighted by Gasteiger charge is 2.22. The van der Waals surface area contributed by atoms with Gasteiger partial charge in [0.2, 0.25) is 0 Å². The Morgan fingerprint density at radius 1 is 1.40 bits per heavy atom. The third-order valence-electron chi connectivity index (χ3n) is 3.10. The maximum Gasteiger partial charge on any atom is 0.0837 e. The van der Waals surface area contributed by atoms with Gasteiger partial charge in [0.1, 0.15) is 0 Å². The van der Waals surface area contributed by atoms with E-state index in [2.05, 4.69) is 33.3 Å². The van der Waals surface area contributed by atoms with Crippen LogP contribution in [-0.2, 0) is 6.54 Å². The molecular weight excluding hydrogens is 361 g/mol. The van der Waals surface area contributed by atoms with E-state index in [0.717, 1.165) is 28.7 Å². The van der Waals surface area contributed by atoms with Crippen molar-refractivity contribution in [1.29, 1.82) is 0 Å². The van der Waals surface area contributed by atoms with Gasteiger partial charge in [-0.25, -0.2) is 0 Å². The number of rotatable bonds is 5. The first-order chi connectivity index (χ1) is 9.58. The van der Waals surface area contributed by atoms with Crippen LogP contribution in [0.3, 0.4) is 0 Å². The molecule has 0 radical (unpaired) electrons. The summed E-state index contributed by atoms with van der Waals surface area (Å²) in [6.07, 6.45) is 2.70. The maximum atomic E-state index is 6.32. The van der Waals surface area contributed by atoms with Gasteiger partial charge in [-0.1, -0.05) is 52.1 Å². The van der Waals surface area contributed by atoms with E-state index in [1.54, 1.807) is 6.20 Å². The molecule has 0 saturated heterocycles. The monoisotopic (exact) mass is 375 g/mol. The normalized spacial score (nSPS) is 12.7. The summed E-state index contributed by atoms with van der Waals surface area (Å²) in [6, 6.07) is 5.71. The Morgan fingerprint density at radius 3 is 2.75 bits per heavy atom. The van der Waals surface area contributed by atoms with Gasteiger partial charge < -0.3 is 5.32 Å². The summed E-state index contributed by atoms with van der Waals surface area (Å²) in [5, 5.41) is 9.02. The van der Waals surface area contributed by atoms with Crippen molar-refractivity contribution >= 4 is 39.1 Å². The van der Waals surface area contributed by atoms with Gasteiger partial charge in [0.15, 0.2) is 0 Å². The number of hydrogen-bond donors (Lipinski definition) is 1. The zero-order valence-corrected chi connectivity index (χ0v) is 14.4. The SMILES string of the molecule is CCCn1ncc(Cl)c1C(NC)c1ccc(Cl)cc1Br. The van der Waals surface area contributed by atoms with Crippen molar-refractivity contribution in [2.24, 2.45) is 0 Å². The molecule has 1 aromatic heterocycles. The molecule has 0 fully saturated rings. The predicted molar refractivity (Wildman–Crippen MR) is 87.6 cm³/mol. The highest BCUT2D eigenvalue weighted by molar-refractivity contribution is 9.10. The van der Waals surface area contributed by atoms with E-state index in [1.165, 1.54) is 0 Å². The van der Waals surface area contributed by atoms with Crippen LogP contribution in [0.2, 0.25) is 10.0 Å². The number of halogens is 3. The van der Waals surface area contributed by atoms with Gasteiger partial charge in [0.05, 0.1) is 23.0 Å². The van der Waals surface area contributed by atoms with Gasteiger partial charge in [0, 0.05) is 16.0 Å². The molecule has 20 heavy (non-hydrogen) atoms. The van der Waals surface area contributed by atoms with E-state index in [4.69, 9.17) is 23.2 Å². The molecule has 0 aliphatic carbocycles. The van der Waals surface area contributed by atoms with Crippen molar-refractivity contribution in [3.63, 3.8) is 0 Å². The highest BCUT2D eigenvalue weighted by atomic mass is 79.9. The predicted octanol–water partition coefficient (Wildman–Crippen LogP) is 4.67. The second kappa shape index (κ2) is 6.94. The van der Waals surface area contributed by atoms with E-state index in [-0.39, 0.29) is 6.04 Å². The second-order valence-electron chi connectivity index (χ2n) is 4.49. The van der Waals surface area contributed by atoms with Crippen molar-refractivity contribution in [2.75, 3.05) is 7.05 Å². The molecule has 0 bridgehead atoms. The molecule has 108 valence electrons. The van der Waals surface area contributed by atoms with E-state index >= 15 is 0 Å². The average Bonchev–Trinajstić information content (AvgIpc) is 2.75. The minimum atomic E-state index is -0.0387. The number of hydrogen-bond acceptors (Lipinski definition) is 2. The summed E-state index contributed by atoms with van der Waals surface area (Å²) < 4.78 is 2.90. The zero-order chi connectivity index (χ0) is 14.7. The molecule has 0 saturated carbocycles. The van der Waals surface area contributed by atoms with Gasteiger partial charge in [-0.15, -0.1) is 0 Å². The molecule has 2 rings (SSSR count). The Bertz CT molecular complexity index is 598. The van der Waals surface area contributed by atoms with Crippen LogP contribution >= 0.6 is 39.1 Å². The Hall–Kier alpha value is -0.550. The summed E-state index contributed by atoms with van der Waals surface area (Å²) in [6.45, 7) is 2.96. The average molecular weight is 377 g/mol. The first-order valence-electron chi connectivity index (χ1n) is 6.41. The summed E-state index contributed by atoms with van der Waals surface area (Å²) in [5.74, 6) is 0. The van der Waals surface area contributed by atoms with Gasteiger partial charge in [-0.05, 0) is 31.2 Å². The van der Waals surface area contributed by atoms with E-state index in [1.807, 2.05) is 29.9 Å². The molecule has 1 unspecified atom stereocenters. The Kier molecular flexibility index (Phi) is 5.49. The summed E-state index contributed by atoms with van der Waals surface area (Å²) in [5.41, 5.74) is 2.05. The van der Waals surface area contributed by atoms with Crippen molar-refractivity contribution in [2.45, 2.75) is 25.9 Å². The van der Waals surface area contributed by atoms with Gasteiger partial charge >= 0.3 is 0 Å². The zero-order valence-electron chi connectivity index (χ0n) is 11.3. The summed E-state index contributed by atoms with van der Waals surface area (Å²) >= 11 is 15.9. The lowest BCUT2D eigenvalue weighted by atomic mass is 10.0. The molecule has 1 aromatic carbocycles. The molecule has 1 heterocycles. The van der Waals surface area contributed by atoms with Crippen LogP contribution in [0.4, 0.5) is 0 Å². The quantitative estimate of drug-likeness (QED) is 0.821.